The number of aryl methyl sites for hydroxylation is 1. The third-order valence-corrected chi connectivity index (χ3v) is 9.84. The van der Waals surface area contributed by atoms with Crippen molar-refractivity contribution in [1.82, 2.24) is 24.8 Å². The summed E-state index contributed by atoms with van der Waals surface area (Å²) in [7, 11) is 4.57. The Morgan fingerprint density at radius 3 is 2.68 bits per heavy atom. The minimum Gasteiger partial charge on any atom is -0.468 e. The molecule has 0 spiro atoms. The van der Waals surface area contributed by atoms with Crippen LogP contribution in [0.1, 0.15) is 45.1 Å². The maximum atomic E-state index is 17.0. The Labute approximate surface area is 288 Å². The van der Waals surface area contributed by atoms with Crippen molar-refractivity contribution in [2.24, 2.45) is 0 Å². The number of aromatic nitrogens is 3. The van der Waals surface area contributed by atoms with Gasteiger partial charge in [0.15, 0.2) is 12.6 Å². The van der Waals surface area contributed by atoms with Gasteiger partial charge in [0.2, 0.25) is 11.8 Å². The van der Waals surface area contributed by atoms with Crippen molar-refractivity contribution in [3.8, 4) is 23.0 Å². The lowest BCUT2D eigenvalue weighted by molar-refractivity contribution is -0.141. The quantitative estimate of drug-likeness (QED) is 0.178. The van der Waals surface area contributed by atoms with Gasteiger partial charge >= 0.3 is 6.01 Å². The van der Waals surface area contributed by atoms with Gasteiger partial charge in [-0.15, -0.1) is 0 Å². The van der Waals surface area contributed by atoms with E-state index >= 15 is 8.78 Å². The molecule has 4 heterocycles. The molecule has 2 amide bonds. The molecule has 0 bridgehead atoms. The molecule has 0 aliphatic carbocycles. The minimum absolute atomic E-state index is 0.0240. The molecule has 0 unspecified atom stereocenters. The van der Waals surface area contributed by atoms with Crippen molar-refractivity contribution < 1.29 is 37.0 Å². The van der Waals surface area contributed by atoms with E-state index in [9.17, 15) is 14.0 Å². The molecule has 2 aromatic carbocycles. The SMILES string of the molecule is CCc1c(F)ccc2cc(OCOC)cc(-c3ncc4c(N(C)CCC(=O)N(C)C(C)=O)nc(OC[C@@]56CCCN5C[C@H](F)C6)nc4c3F)c12. The molecule has 4 aromatic rings. The zero-order valence-electron chi connectivity index (χ0n) is 28.9. The summed E-state index contributed by atoms with van der Waals surface area (Å²) in [5.41, 5.74) is 0.0119. The number of carbonyl (C=O) groups is 2. The monoisotopic (exact) mass is 694 g/mol. The van der Waals surface area contributed by atoms with E-state index in [1.807, 2.05) is 6.92 Å². The number of fused-ring (bicyclic) bond motifs is 3. The summed E-state index contributed by atoms with van der Waals surface area (Å²) in [6, 6.07) is 6.19. The third kappa shape index (κ3) is 6.65. The fourth-order valence-electron chi connectivity index (χ4n) is 7.16. The van der Waals surface area contributed by atoms with Crippen LogP contribution in [0.3, 0.4) is 0 Å². The van der Waals surface area contributed by atoms with Crippen molar-refractivity contribution in [2.75, 3.05) is 59.1 Å². The summed E-state index contributed by atoms with van der Waals surface area (Å²) >= 11 is 0. The van der Waals surface area contributed by atoms with Crippen molar-refractivity contribution >= 4 is 39.3 Å². The first-order valence-corrected chi connectivity index (χ1v) is 16.7. The van der Waals surface area contributed by atoms with E-state index < -0.39 is 35.2 Å². The third-order valence-electron chi connectivity index (χ3n) is 9.84. The van der Waals surface area contributed by atoms with Crippen LogP contribution < -0.4 is 14.4 Å². The second-order valence-electron chi connectivity index (χ2n) is 13.0. The number of ether oxygens (including phenoxy) is 3. The van der Waals surface area contributed by atoms with Crippen molar-refractivity contribution in [3.05, 3.63) is 47.7 Å². The van der Waals surface area contributed by atoms with Crippen LogP contribution >= 0.6 is 0 Å². The van der Waals surface area contributed by atoms with E-state index in [-0.39, 0.29) is 54.8 Å². The van der Waals surface area contributed by atoms with Gasteiger partial charge in [-0.3, -0.25) is 24.4 Å². The van der Waals surface area contributed by atoms with E-state index in [0.29, 0.717) is 47.0 Å². The van der Waals surface area contributed by atoms with Crippen LogP contribution in [0, 0.1) is 11.6 Å². The molecule has 0 saturated carbocycles. The Kier molecular flexibility index (Phi) is 10.1. The van der Waals surface area contributed by atoms with E-state index in [1.165, 1.54) is 33.3 Å². The first kappa shape index (κ1) is 35.3. The highest BCUT2D eigenvalue weighted by molar-refractivity contribution is 6.02. The lowest BCUT2D eigenvalue weighted by atomic mass is 9.94. The predicted octanol–water partition coefficient (Wildman–Crippen LogP) is 5.45. The molecule has 266 valence electrons. The molecule has 11 nitrogen and oxygen atoms in total. The molecule has 2 aromatic heterocycles. The van der Waals surface area contributed by atoms with Crippen LogP contribution in [-0.2, 0) is 20.7 Å². The maximum Gasteiger partial charge on any atom is 0.319 e. The maximum absolute atomic E-state index is 17.0. The van der Waals surface area contributed by atoms with Gasteiger partial charge in [-0.25, -0.2) is 13.2 Å². The van der Waals surface area contributed by atoms with Gasteiger partial charge in [0, 0.05) is 65.8 Å². The molecule has 2 aliphatic rings. The summed E-state index contributed by atoms with van der Waals surface area (Å²) in [5, 5.41) is 1.36. The number of rotatable bonds is 12. The zero-order valence-corrected chi connectivity index (χ0v) is 28.9. The van der Waals surface area contributed by atoms with Gasteiger partial charge in [0.25, 0.3) is 0 Å². The molecular formula is C36H41F3N6O5. The van der Waals surface area contributed by atoms with E-state index in [0.717, 1.165) is 24.3 Å². The number of hydrogen-bond acceptors (Lipinski definition) is 10. The normalized spacial score (nSPS) is 18.8. The van der Waals surface area contributed by atoms with E-state index in [2.05, 4.69) is 19.9 Å². The standard InChI is InChI=1S/C36H41F3N6O5/c1-6-25-28(38)9-8-22-14-24(50-20-48-5)15-26(30(22)25)32-31(39)33-27(17-40-32)34(43(3)13-10-29(47)44(4)21(2)46)42-35(41-33)49-19-36-11-7-12-45(36)18-23(37)16-36/h8-9,14-15,17,23H,6-7,10-13,16,18-20H2,1-5H3/t23-,36+/m1/s1. The highest BCUT2D eigenvalue weighted by atomic mass is 19.1. The molecule has 2 saturated heterocycles. The fourth-order valence-corrected chi connectivity index (χ4v) is 7.16. The van der Waals surface area contributed by atoms with Crippen LogP contribution in [-0.4, -0.2) is 103 Å². The average Bonchev–Trinajstić information content (AvgIpc) is 3.63. The molecule has 6 rings (SSSR count). The number of anilines is 1. The van der Waals surface area contributed by atoms with Crippen LogP contribution in [0.2, 0.25) is 0 Å². The average molecular weight is 695 g/mol. The molecule has 14 heteroatoms. The first-order chi connectivity index (χ1) is 24.0. The summed E-state index contributed by atoms with van der Waals surface area (Å²) in [5.74, 6) is -1.38. The minimum atomic E-state index is -0.967. The smallest absolute Gasteiger partial charge is 0.319 e. The number of methoxy groups -OCH3 is 1. The molecule has 2 atom stereocenters. The van der Waals surface area contributed by atoms with Crippen LogP contribution in [0.5, 0.6) is 11.8 Å². The Morgan fingerprint density at radius 1 is 1.14 bits per heavy atom. The number of benzene rings is 2. The lowest BCUT2D eigenvalue weighted by Crippen LogP contribution is -2.43. The Balaban J connectivity index is 1.47. The van der Waals surface area contributed by atoms with Gasteiger partial charge in [-0.1, -0.05) is 13.0 Å². The number of nitrogens with zero attached hydrogens (tertiary/aromatic N) is 6. The summed E-state index contributed by atoms with van der Waals surface area (Å²) < 4.78 is 63.6. The molecule has 2 aliphatic heterocycles. The summed E-state index contributed by atoms with van der Waals surface area (Å²) in [6.45, 7) is 4.42. The van der Waals surface area contributed by atoms with Gasteiger partial charge in [-0.05, 0) is 60.3 Å². The first-order valence-electron chi connectivity index (χ1n) is 16.7. The van der Waals surface area contributed by atoms with Gasteiger partial charge in [0.1, 0.15) is 41.4 Å². The van der Waals surface area contributed by atoms with Crippen molar-refractivity contribution in [1.29, 1.82) is 0 Å². The topological polar surface area (TPSA) is 110 Å². The second kappa shape index (κ2) is 14.4. The summed E-state index contributed by atoms with van der Waals surface area (Å²) in [6.07, 6.45) is 2.79. The van der Waals surface area contributed by atoms with Gasteiger partial charge in [-0.2, -0.15) is 9.97 Å². The number of imide groups is 1. The molecule has 50 heavy (non-hydrogen) atoms. The number of alkyl halides is 1. The number of pyridine rings is 1. The molecule has 0 N–H and O–H groups in total. The Hall–Kier alpha value is -4.56. The number of carbonyl (C=O) groups excluding carboxylic acids is 2. The zero-order chi connectivity index (χ0) is 35.7. The number of hydrogen-bond donors (Lipinski definition) is 0. The largest absolute Gasteiger partial charge is 0.468 e. The molecule has 0 radical (unpaired) electrons. The second-order valence-corrected chi connectivity index (χ2v) is 13.0. The van der Waals surface area contributed by atoms with Crippen LogP contribution in [0.25, 0.3) is 32.9 Å². The summed E-state index contributed by atoms with van der Waals surface area (Å²) in [4.78, 5) is 42.8. The number of halogens is 3. The Morgan fingerprint density at radius 2 is 1.94 bits per heavy atom. The van der Waals surface area contributed by atoms with Crippen molar-refractivity contribution in [2.45, 2.75) is 57.7 Å². The van der Waals surface area contributed by atoms with E-state index in [4.69, 9.17) is 14.2 Å². The highest BCUT2D eigenvalue weighted by Gasteiger charge is 2.49. The predicted molar refractivity (Wildman–Crippen MR) is 182 cm³/mol. The Bertz CT molecular complexity index is 1950. The fraction of sp³-hybridized carbons (Fsp3) is 0.472. The van der Waals surface area contributed by atoms with Gasteiger partial charge in [0.05, 0.1) is 10.9 Å². The van der Waals surface area contributed by atoms with Crippen molar-refractivity contribution in [3.63, 3.8) is 0 Å². The van der Waals surface area contributed by atoms with E-state index in [1.54, 1.807) is 30.1 Å². The lowest BCUT2D eigenvalue weighted by Gasteiger charge is -2.31. The van der Waals surface area contributed by atoms with Crippen LogP contribution in [0.15, 0.2) is 30.5 Å². The highest BCUT2D eigenvalue weighted by Crippen LogP contribution is 2.42. The molecule has 2 fully saturated rings. The van der Waals surface area contributed by atoms with Gasteiger partial charge < -0.3 is 19.1 Å². The van der Waals surface area contributed by atoms with Crippen LogP contribution in [0.4, 0.5) is 19.0 Å². The molecular weight excluding hydrogens is 653 g/mol. The number of amides is 2.